The molecule has 0 amide bonds. The summed E-state index contributed by atoms with van der Waals surface area (Å²) in [6, 6.07) is 0. The van der Waals surface area contributed by atoms with Crippen LogP contribution in [0.1, 0.15) is 38.9 Å². The first-order valence-corrected chi connectivity index (χ1v) is 6.94. The summed E-state index contributed by atoms with van der Waals surface area (Å²) in [6.07, 6.45) is 4.25. The van der Waals surface area contributed by atoms with E-state index in [-0.39, 0.29) is 5.75 Å². The maximum Gasteiger partial charge on any atom is 0.313 e. The summed E-state index contributed by atoms with van der Waals surface area (Å²) in [5.74, 6) is 0.153. The Kier molecular flexibility index (Phi) is 6.04. The Morgan fingerprint density at radius 3 is 2.71 bits per heavy atom. The quantitative estimate of drug-likeness (QED) is 0.571. The van der Waals surface area contributed by atoms with Crippen molar-refractivity contribution in [1.82, 2.24) is 14.8 Å². The standard InChI is InChI=1S/C11H19N3O2S/c1-3-5-6-7-14-9(4-2)12-13-11(14)17-8-10(15)16/h3-8H2,1-2H3,(H,15,16). The summed E-state index contributed by atoms with van der Waals surface area (Å²) in [7, 11) is 0. The first-order valence-electron chi connectivity index (χ1n) is 5.95. The van der Waals surface area contributed by atoms with Crippen molar-refractivity contribution in [1.29, 1.82) is 0 Å². The number of hydrogen-bond acceptors (Lipinski definition) is 4. The van der Waals surface area contributed by atoms with Gasteiger partial charge in [0.15, 0.2) is 5.16 Å². The van der Waals surface area contributed by atoms with E-state index in [1.54, 1.807) is 0 Å². The van der Waals surface area contributed by atoms with E-state index < -0.39 is 5.97 Å². The van der Waals surface area contributed by atoms with Gasteiger partial charge in [-0.1, -0.05) is 38.5 Å². The van der Waals surface area contributed by atoms with Gasteiger partial charge < -0.3 is 9.67 Å². The van der Waals surface area contributed by atoms with Gasteiger partial charge in [-0.15, -0.1) is 10.2 Å². The fourth-order valence-corrected chi connectivity index (χ4v) is 2.26. The van der Waals surface area contributed by atoms with Crippen molar-refractivity contribution < 1.29 is 9.90 Å². The average Bonchev–Trinajstić information content (AvgIpc) is 2.69. The Labute approximate surface area is 106 Å². The largest absolute Gasteiger partial charge is 0.481 e. The highest BCUT2D eigenvalue weighted by Crippen LogP contribution is 2.18. The smallest absolute Gasteiger partial charge is 0.313 e. The summed E-state index contributed by atoms with van der Waals surface area (Å²) in [6.45, 7) is 5.07. The SMILES string of the molecule is CCCCCn1c(CC)nnc1SCC(=O)O. The normalized spacial score (nSPS) is 10.7. The van der Waals surface area contributed by atoms with E-state index in [0.717, 1.165) is 30.4 Å². The highest BCUT2D eigenvalue weighted by atomic mass is 32.2. The molecule has 0 spiro atoms. The van der Waals surface area contributed by atoms with E-state index in [1.807, 2.05) is 11.5 Å². The number of aryl methyl sites for hydroxylation is 1. The van der Waals surface area contributed by atoms with Crippen LogP contribution in [0.25, 0.3) is 0 Å². The van der Waals surface area contributed by atoms with Gasteiger partial charge in [0.05, 0.1) is 5.75 Å². The summed E-state index contributed by atoms with van der Waals surface area (Å²) < 4.78 is 2.04. The highest BCUT2D eigenvalue weighted by molar-refractivity contribution is 7.99. The molecule has 1 aromatic rings. The highest BCUT2D eigenvalue weighted by Gasteiger charge is 2.12. The zero-order valence-electron chi connectivity index (χ0n) is 10.3. The van der Waals surface area contributed by atoms with E-state index in [0.29, 0.717) is 0 Å². The van der Waals surface area contributed by atoms with E-state index in [1.165, 1.54) is 24.6 Å². The third-order valence-electron chi connectivity index (χ3n) is 2.42. The molecule has 96 valence electrons. The number of carboxylic acids is 1. The maximum absolute atomic E-state index is 10.5. The van der Waals surface area contributed by atoms with Crippen LogP contribution in [0.5, 0.6) is 0 Å². The van der Waals surface area contributed by atoms with Crippen LogP contribution < -0.4 is 0 Å². The monoisotopic (exact) mass is 257 g/mol. The molecule has 1 heterocycles. The van der Waals surface area contributed by atoms with Gasteiger partial charge in [-0.05, 0) is 6.42 Å². The number of thioether (sulfide) groups is 1. The van der Waals surface area contributed by atoms with Crippen molar-refractivity contribution in [2.75, 3.05) is 5.75 Å². The van der Waals surface area contributed by atoms with Crippen LogP contribution in [-0.2, 0) is 17.8 Å². The Balaban J connectivity index is 2.67. The molecule has 0 aliphatic carbocycles. The number of nitrogens with zero attached hydrogens (tertiary/aromatic N) is 3. The molecule has 6 heteroatoms. The second kappa shape index (κ2) is 7.32. The minimum absolute atomic E-state index is 0.0373. The summed E-state index contributed by atoms with van der Waals surface area (Å²) in [4.78, 5) is 10.5. The molecular formula is C11H19N3O2S. The molecule has 1 rings (SSSR count). The number of aliphatic carboxylic acids is 1. The molecule has 0 saturated carbocycles. The van der Waals surface area contributed by atoms with E-state index >= 15 is 0 Å². The number of carboxylic acid groups (broad SMARTS) is 1. The molecular weight excluding hydrogens is 238 g/mol. The average molecular weight is 257 g/mol. The molecule has 0 atom stereocenters. The molecule has 5 nitrogen and oxygen atoms in total. The molecule has 0 fully saturated rings. The van der Waals surface area contributed by atoms with Crippen molar-refractivity contribution in [2.45, 2.75) is 51.2 Å². The lowest BCUT2D eigenvalue weighted by Crippen LogP contribution is -2.06. The van der Waals surface area contributed by atoms with E-state index in [9.17, 15) is 4.79 Å². The van der Waals surface area contributed by atoms with Gasteiger partial charge in [0, 0.05) is 13.0 Å². The van der Waals surface area contributed by atoms with Crippen molar-refractivity contribution in [3.05, 3.63) is 5.82 Å². The molecule has 1 aromatic heterocycles. The van der Waals surface area contributed by atoms with E-state index in [2.05, 4.69) is 17.1 Å². The Bertz CT molecular complexity index is 366. The number of hydrogen-bond donors (Lipinski definition) is 1. The number of unbranched alkanes of at least 4 members (excludes halogenated alkanes) is 2. The number of carbonyl (C=O) groups is 1. The van der Waals surface area contributed by atoms with Gasteiger partial charge in [-0.2, -0.15) is 0 Å². The molecule has 0 saturated heterocycles. The minimum Gasteiger partial charge on any atom is -0.481 e. The van der Waals surface area contributed by atoms with Crippen LogP contribution in [0.2, 0.25) is 0 Å². The first kappa shape index (κ1) is 14.0. The maximum atomic E-state index is 10.5. The van der Waals surface area contributed by atoms with Crippen LogP contribution in [-0.4, -0.2) is 31.6 Å². The van der Waals surface area contributed by atoms with Crippen LogP contribution in [0.4, 0.5) is 0 Å². The lowest BCUT2D eigenvalue weighted by Gasteiger charge is -2.07. The van der Waals surface area contributed by atoms with Crippen molar-refractivity contribution in [3.8, 4) is 0 Å². The third-order valence-corrected chi connectivity index (χ3v) is 3.37. The van der Waals surface area contributed by atoms with Crippen LogP contribution in [0, 0.1) is 0 Å². The zero-order valence-corrected chi connectivity index (χ0v) is 11.2. The fourth-order valence-electron chi connectivity index (χ4n) is 1.56. The zero-order chi connectivity index (χ0) is 12.7. The van der Waals surface area contributed by atoms with Gasteiger partial charge in [0.25, 0.3) is 0 Å². The second-order valence-electron chi connectivity index (χ2n) is 3.79. The lowest BCUT2D eigenvalue weighted by molar-refractivity contribution is -0.133. The molecule has 17 heavy (non-hydrogen) atoms. The molecule has 0 bridgehead atoms. The topological polar surface area (TPSA) is 68.0 Å². The van der Waals surface area contributed by atoms with Gasteiger partial charge in [-0.3, -0.25) is 4.79 Å². The predicted octanol–water partition coefficient (Wildman–Crippen LogP) is 2.21. The van der Waals surface area contributed by atoms with Crippen LogP contribution >= 0.6 is 11.8 Å². The summed E-state index contributed by atoms with van der Waals surface area (Å²) in [5, 5.41) is 17.5. The Morgan fingerprint density at radius 1 is 1.35 bits per heavy atom. The predicted molar refractivity (Wildman–Crippen MR) is 67.3 cm³/mol. The number of rotatable bonds is 8. The molecule has 0 unspecified atom stereocenters. The van der Waals surface area contributed by atoms with Crippen LogP contribution in [0.15, 0.2) is 5.16 Å². The van der Waals surface area contributed by atoms with Crippen LogP contribution in [0.3, 0.4) is 0 Å². The summed E-state index contributed by atoms with van der Waals surface area (Å²) in [5.41, 5.74) is 0. The third kappa shape index (κ3) is 4.38. The molecule has 0 radical (unpaired) electrons. The van der Waals surface area contributed by atoms with Crippen molar-refractivity contribution >= 4 is 17.7 Å². The molecule has 1 N–H and O–H groups in total. The first-order chi connectivity index (χ1) is 8.19. The van der Waals surface area contributed by atoms with Crippen molar-refractivity contribution in [3.63, 3.8) is 0 Å². The molecule has 0 aromatic carbocycles. The number of aromatic nitrogens is 3. The van der Waals surface area contributed by atoms with E-state index in [4.69, 9.17) is 5.11 Å². The second-order valence-corrected chi connectivity index (χ2v) is 4.74. The van der Waals surface area contributed by atoms with Gasteiger partial charge in [0.2, 0.25) is 0 Å². The lowest BCUT2D eigenvalue weighted by atomic mass is 10.2. The Morgan fingerprint density at radius 2 is 2.12 bits per heavy atom. The van der Waals surface area contributed by atoms with Gasteiger partial charge >= 0.3 is 5.97 Å². The van der Waals surface area contributed by atoms with Gasteiger partial charge in [0.1, 0.15) is 5.82 Å². The molecule has 0 aliphatic heterocycles. The summed E-state index contributed by atoms with van der Waals surface area (Å²) >= 11 is 1.24. The van der Waals surface area contributed by atoms with Crippen molar-refractivity contribution in [2.24, 2.45) is 0 Å². The fraction of sp³-hybridized carbons (Fsp3) is 0.727. The minimum atomic E-state index is -0.823. The Hall–Kier alpha value is -1.04. The van der Waals surface area contributed by atoms with Gasteiger partial charge in [-0.25, -0.2) is 0 Å². The molecule has 0 aliphatic rings.